The largest absolute Gasteiger partial charge is 0.493 e. The molecule has 0 bridgehead atoms. The van der Waals surface area contributed by atoms with Crippen molar-refractivity contribution >= 4 is 22.9 Å². The van der Waals surface area contributed by atoms with Crippen molar-refractivity contribution < 1.29 is 14.3 Å². The summed E-state index contributed by atoms with van der Waals surface area (Å²) in [6.45, 7) is 2.01. The summed E-state index contributed by atoms with van der Waals surface area (Å²) < 4.78 is 10.8. The normalized spacial score (nSPS) is 14.9. The number of fused-ring (bicyclic) bond motifs is 1. The van der Waals surface area contributed by atoms with Crippen molar-refractivity contribution in [1.82, 2.24) is 0 Å². The van der Waals surface area contributed by atoms with E-state index < -0.39 is 0 Å². The van der Waals surface area contributed by atoms with Gasteiger partial charge < -0.3 is 25.8 Å². The number of benzene rings is 3. The van der Waals surface area contributed by atoms with E-state index in [-0.39, 0.29) is 11.9 Å². The van der Waals surface area contributed by atoms with Gasteiger partial charge in [0.25, 0.3) is 5.91 Å². The monoisotopic (exact) mass is 429 g/mol. The summed E-state index contributed by atoms with van der Waals surface area (Å²) in [5.74, 6) is 1.00. The molecule has 1 aliphatic rings. The Morgan fingerprint density at radius 2 is 1.59 bits per heavy atom. The zero-order valence-electron chi connectivity index (χ0n) is 18.4. The predicted octanol–water partition coefficient (Wildman–Crippen LogP) is 4.94. The van der Waals surface area contributed by atoms with Gasteiger partial charge >= 0.3 is 0 Å². The maximum absolute atomic E-state index is 12.8. The lowest BCUT2D eigenvalue weighted by Gasteiger charge is -2.16. The van der Waals surface area contributed by atoms with Gasteiger partial charge in [0.05, 0.1) is 31.5 Å². The molecule has 1 aliphatic heterocycles. The third kappa shape index (κ3) is 4.05. The van der Waals surface area contributed by atoms with Gasteiger partial charge in [0, 0.05) is 23.0 Å². The summed E-state index contributed by atoms with van der Waals surface area (Å²) in [4.78, 5) is 12.8. The Balaban J connectivity index is 1.63. The summed E-state index contributed by atoms with van der Waals surface area (Å²) in [6, 6.07) is 21.4. The van der Waals surface area contributed by atoms with E-state index in [0.29, 0.717) is 29.2 Å². The molecule has 1 heterocycles. The number of amides is 1. The highest BCUT2D eigenvalue weighted by molar-refractivity contribution is 6.32. The molecule has 4 rings (SSSR count). The lowest BCUT2D eigenvalue weighted by Crippen LogP contribution is -2.12. The molecule has 0 spiro atoms. The molecular formula is C26H27N3O3. The van der Waals surface area contributed by atoms with Gasteiger partial charge in [0.2, 0.25) is 0 Å². The van der Waals surface area contributed by atoms with Crippen LogP contribution in [0.3, 0.4) is 0 Å². The van der Waals surface area contributed by atoms with Crippen LogP contribution in [-0.4, -0.2) is 20.1 Å². The van der Waals surface area contributed by atoms with Crippen LogP contribution >= 0.6 is 0 Å². The first-order chi connectivity index (χ1) is 15.5. The molecule has 6 nitrogen and oxygen atoms in total. The smallest absolute Gasteiger partial charge is 0.258 e. The molecule has 4 N–H and O–H groups in total. The van der Waals surface area contributed by atoms with Crippen molar-refractivity contribution in [3.05, 3.63) is 89.1 Å². The van der Waals surface area contributed by atoms with E-state index >= 15 is 0 Å². The molecule has 1 amide bonds. The van der Waals surface area contributed by atoms with Crippen molar-refractivity contribution in [3.8, 4) is 11.5 Å². The van der Waals surface area contributed by atoms with Gasteiger partial charge in [-0.25, -0.2) is 0 Å². The van der Waals surface area contributed by atoms with Gasteiger partial charge in [0.1, 0.15) is 0 Å². The number of anilines is 2. The number of carbonyl (C=O) groups excluding carboxylic acids is 1. The lowest BCUT2D eigenvalue weighted by molar-refractivity contribution is -0.110. The van der Waals surface area contributed by atoms with Crippen LogP contribution in [0.2, 0.25) is 0 Å². The predicted molar refractivity (Wildman–Crippen MR) is 128 cm³/mol. The fraction of sp³-hybridized carbons (Fsp3) is 0.192. The molecule has 0 saturated carbocycles. The average Bonchev–Trinajstić information content (AvgIpc) is 3.16. The molecule has 0 radical (unpaired) electrons. The summed E-state index contributed by atoms with van der Waals surface area (Å²) in [6.07, 6.45) is 0.655. The first-order valence-electron chi connectivity index (χ1n) is 10.5. The first-order valence-corrected chi connectivity index (χ1v) is 10.5. The van der Waals surface area contributed by atoms with Crippen molar-refractivity contribution in [3.63, 3.8) is 0 Å². The summed E-state index contributed by atoms with van der Waals surface area (Å²) in [7, 11) is 3.16. The summed E-state index contributed by atoms with van der Waals surface area (Å²) >= 11 is 0. The van der Waals surface area contributed by atoms with Crippen LogP contribution in [0.1, 0.15) is 36.1 Å². The number of nitrogens with one attached hydrogen (secondary N) is 2. The number of allylic oxidation sites excluding steroid dienone is 1. The van der Waals surface area contributed by atoms with Crippen LogP contribution in [0, 0.1) is 0 Å². The number of hydrogen-bond acceptors (Lipinski definition) is 5. The topological polar surface area (TPSA) is 85.6 Å². The molecule has 1 unspecified atom stereocenters. The maximum Gasteiger partial charge on any atom is 0.258 e. The number of carbonyl (C=O) groups is 1. The average molecular weight is 430 g/mol. The van der Waals surface area contributed by atoms with Crippen LogP contribution < -0.4 is 25.8 Å². The van der Waals surface area contributed by atoms with Crippen molar-refractivity contribution in [2.45, 2.75) is 19.4 Å². The molecular weight excluding hydrogens is 402 g/mol. The zero-order chi connectivity index (χ0) is 22.7. The summed E-state index contributed by atoms with van der Waals surface area (Å²) in [5.41, 5.74) is 12.3. The van der Waals surface area contributed by atoms with E-state index in [4.69, 9.17) is 15.2 Å². The van der Waals surface area contributed by atoms with Gasteiger partial charge in [-0.15, -0.1) is 0 Å². The Morgan fingerprint density at radius 1 is 0.969 bits per heavy atom. The van der Waals surface area contributed by atoms with Crippen molar-refractivity contribution in [2.75, 3.05) is 24.9 Å². The van der Waals surface area contributed by atoms with E-state index in [1.54, 1.807) is 20.3 Å². The van der Waals surface area contributed by atoms with E-state index in [9.17, 15) is 4.79 Å². The third-order valence-corrected chi connectivity index (χ3v) is 5.65. The molecule has 6 heteroatoms. The van der Waals surface area contributed by atoms with Crippen molar-refractivity contribution in [1.29, 1.82) is 0 Å². The Morgan fingerprint density at radius 3 is 2.22 bits per heavy atom. The van der Waals surface area contributed by atoms with Gasteiger partial charge in [-0.3, -0.25) is 4.79 Å². The fourth-order valence-electron chi connectivity index (χ4n) is 3.92. The highest BCUT2D eigenvalue weighted by atomic mass is 16.5. The van der Waals surface area contributed by atoms with Crippen LogP contribution in [0.25, 0.3) is 5.57 Å². The minimum atomic E-state index is -0.191. The lowest BCUT2D eigenvalue weighted by atomic mass is 9.99. The standard InChI is InChI=1S/C26H27N3O3/c1-4-20(24-19-14-22(31-2)23(32-3)15-21(19)29-26(24)30)28-18-12-10-17(11-13-18)25(27)16-8-6-5-7-9-16/h5-15,25,28H,4,27H2,1-3H3,(H,29,30)/b24-20-. The molecule has 0 aromatic heterocycles. The molecule has 3 aromatic carbocycles. The van der Waals surface area contributed by atoms with Crippen LogP contribution in [0.15, 0.2) is 72.4 Å². The van der Waals surface area contributed by atoms with E-state index in [0.717, 1.165) is 28.1 Å². The fourth-order valence-corrected chi connectivity index (χ4v) is 3.92. The van der Waals surface area contributed by atoms with E-state index in [1.165, 1.54) is 0 Å². The van der Waals surface area contributed by atoms with Gasteiger partial charge in [-0.2, -0.15) is 0 Å². The second-order valence-corrected chi connectivity index (χ2v) is 7.55. The zero-order valence-corrected chi connectivity index (χ0v) is 18.4. The van der Waals surface area contributed by atoms with Crippen LogP contribution in [-0.2, 0) is 4.79 Å². The minimum absolute atomic E-state index is 0.151. The van der Waals surface area contributed by atoms with Crippen LogP contribution in [0.4, 0.5) is 11.4 Å². The second kappa shape index (κ2) is 9.16. The second-order valence-electron chi connectivity index (χ2n) is 7.55. The highest BCUT2D eigenvalue weighted by Gasteiger charge is 2.29. The molecule has 32 heavy (non-hydrogen) atoms. The number of nitrogens with two attached hydrogens (primary N) is 1. The molecule has 0 aliphatic carbocycles. The van der Waals surface area contributed by atoms with E-state index in [2.05, 4.69) is 10.6 Å². The Kier molecular flexibility index (Phi) is 6.14. The van der Waals surface area contributed by atoms with Gasteiger partial charge in [0.15, 0.2) is 11.5 Å². The summed E-state index contributed by atoms with van der Waals surface area (Å²) in [5, 5.41) is 6.35. The molecule has 1 atom stereocenters. The SMILES string of the molecule is CC/C(Nc1ccc(C(N)c2ccccc2)cc1)=C1/C(=O)Nc2cc(OC)c(OC)cc21. The quantitative estimate of drug-likeness (QED) is 0.463. The van der Waals surface area contributed by atoms with Gasteiger partial charge in [-0.1, -0.05) is 49.4 Å². The Bertz CT molecular complexity index is 1150. The minimum Gasteiger partial charge on any atom is -0.493 e. The number of ether oxygens (including phenoxy) is 2. The van der Waals surface area contributed by atoms with E-state index in [1.807, 2.05) is 67.6 Å². The first kappa shape index (κ1) is 21.5. The molecule has 164 valence electrons. The molecule has 0 saturated heterocycles. The highest BCUT2D eigenvalue weighted by Crippen LogP contribution is 2.42. The third-order valence-electron chi connectivity index (χ3n) is 5.65. The molecule has 0 fully saturated rings. The Labute approximate surface area is 188 Å². The number of rotatable bonds is 7. The van der Waals surface area contributed by atoms with Crippen LogP contribution in [0.5, 0.6) is 11.5 Å². The molecule has 3 aromatic rings. The number of hydrogen-bond donors (Lipinski definition) is 3. The maximum atomic E-state index is 12.8. The Hall–Kier alpha value is -3.77. The van der Waals surface area contributed by atoms with Crippen molar-refractivity contribution in [2.24, 2.45) is 5.73 Å². The number of methoxy groups -OCH3 is 2. The van der Waals surface area contributed by atoms with Gasteiger partial charge in [-0.05, 0) is 35.7 Å².